The van der Waals surface area contributed by atoms with Gasteiger partial charge < -0.3 is 43.2 Å². The van der Waals surface area contributed by atoms with Gasteiger partial charge in [0.2, 0.25) is 0 Å². The molecule has 2 aliphatic rings. The predicted molar refractivity (Wildman–Crippen MR) is 244 cm³/mol. The third kappa shape index (κ3) is 8.44. The number of benzene rings is 3. The van der Waals surface area contributed by atoms with Crippen LogP contribution in [0.2, 0.25) is 0 Å². The zero-order valence-corrected chi connectivity index (χ0v) is 41.1. The van der Waals surface area contributed by atoms with Crippen molar-refractivity contribution in [3.05, 3.63) is 165 Å². The number of aromatic nitrogens is 5. The minimum atomic E-state index is -0.124. The van der Waals surface area contributed by atoms with Gasteiger partial charge in [0.1, 0.15) is 11.6 Å². The molecule has 0 saturated heterocycles. The first kappa shape index (κ1) is 44.7. The molecule has 8 aromatic rings. The van der Waals surface area contributed by atoms with E-state index in [-0.39, 0.29) is 53.0 Å². The van der Waals surface area contributed by atoms with Crippen molar-refractivity contribution in [3.8, 4) is 34.6 Å². The van der Waals surface area contributed by atoms with Crippen LogP contribution in [0.3, 0.4) is 0 Å². The second-order valence-corrected chi connectivity index (χ2v) is 17.7. The Bertz CT molecular complexity index is 2880. The van der Waals surface area contributed by atoms with Crippen molar-refractivity contribution in [1.29, 1.82) is 0 Å². The number of anilines is 2. The Morgan fingerprint density at radius 1 is 0.531 bits per heavy atom. The van der Waals surface area contributed by atoms with Crippen molar-refractivity contribution >= 4 is 44.2 Å². The molecule has 11 nitrogen and oxygen atoms in total. The van der Waals surface area contributed by atoms with Gasteiger partial charge in [0.05, 0.1) is 0 Å². The summed E-state index contributed by atoms with van der Waals surface area (Å²) in [6, 6.07) is 36.5. The quantitative estimate of drug-likeness (QED) is 0.138. The second-order valence-electron chi connectivity index (χ2n) is 17.7. The molecule has 10 rings (SSSR count). The van der Waals surface area contributed by atoms with Gasteiger partial charge >= 0.3 is 0 Å². The fourth-order valence-electron chi connectivity index (χ4n) is 7.80. The number of rotatable bonds is 8. The van der Waals surface area contributed by atoms with Crippen molar-refractivity contribution in [2.24, 2.45) is 0 Å². The van der Waals surface area contributed by atoms with Crippen molar-refractivity contribution in [3.63, 3.8) is 0 Å². The molecule has 0 N–H and O–H groups in total. The Morgan fingerprint density at radius 3 is 1.52 bits per heavy atom. The van der Waals surface area contributed by atoms with E-state index in [1.165, 1.54) is 0 Å². The van der Waals surface area contributed by atoms with Gasteiger partial charge in [-0.15, -0.1) is 54.2 Å². The minimum Gasteiger partial charge on any atom is -0.510 e. The fourth-order valence-corrected chi connectivity index (χ4v) is 7.80. The molecule has 7 heterocycles. The fraction of sp³-hybridized carbons (Fsp3) is 0.196. The van der Waals surface area contributed by atoms with Gasteiger partial charge in [-0.05, 0) is 91.3 Å². The average Bonchev–Trinajstić information content (AvgIpc) is 4.03. The molecule has 0 amide bonds. The Kier molecular flexibility index (Phi) is 12.0. The molecule has 13 heteroatoms. The number of fused-ring (bicyclic) bond motifs is 5. The number of hydrogen-bond acceptors (Lipinski definition) is 9. The first-order valence-corrected chi connectivity index (χ1v) is 20.5. The molecule has 0 unspecified atom stereocenters. The molecule has 64 heavy (non-hydrogen) atoms. The summed E-state index contributed by atoms with van der Waals surface area (Å²) in [5.41, 5.74) is 7.13. The summed E-state index contributed by atoms with van der Waals surface area (Å²) in [6.45, 7) is 17.2. The Hall–Kier alpha value is -5.89. The van der Waals surface area contributed by atoms with E-state index in [0.29, 0.717) is 23.0 Å². The van der Waals surface area contributed by atoms with E-state index in [1.807, 2.05) is 115 Å². The molecule has 0 atom stereocenters. The van der Waals surface area contributed by atoms with Gasteiger partial charge in [0.15, 0.2) is 0 Å². The Balaban J connectivity index is 0.00000280. The van der Waals surface area contributed by atoms with E-state index >= 15 is 0 Å². The molecule has 332 valence electrons. The predicted octanol–water partition coefficient (Wildman–Crippen LogP) is 11.0. The molecule has 2 aliphatic heterocycles. The van der Waals surface area contributed by atoms with Crippen molar-refractivity contribution in [2.75, 3.05) is 23.9 Å². The number of hydrogen-bond donors (Lipinski definition) is 0. The van der Waals surface area contributed by atoms with Gasteiger partial charge in [-0.2, -0.15) is 31.5 Å². The van der Waals surface area contributed by atoms with E-state index in [4.69, 9.17) is 19.4 Å². The van der Waals surface area contributed by atoms with Crippen molar-refractivity contribution < 1.29 is 51.6 Å². The van der Waals surface area contributed by atoms with Crippen LogP contribution in [0.1, 0.15) is 52.7 Å². The molecule has 0 radical (unpaired) electrons. The first-order chi connectivity index (χ1) is 29.8. The van der Waals surface area contributed by atoms with Gasteiger partial charge in [0.25, 0.3) is 0 Å². The Morgan fingerprint density at radius 2 is 1.02 bits per heavy atom. The Labute approximate surface area is 403 Å². The van der Waals surface area contributed by atoms with Crippen LogP contribution in [0, 0.1) is 37.6 Å². The summed E-state index contributed by atoms with van der Waals surface area (Å²) in [5.74, 6) is 3.61. The smallest absolute Gasteiger partial charge is 0.135 e. The van der Waals surface area contributed by atoms with Crippen molar-refractivity contribution in [1.82, 2.24) is 33.9 Å². The topological polar surface area (TPSA) is 80.0 Å². The minimum absolute atomic E-state index is 0. The van der Waals surface area contributed by atoms with E-state index in [0.717, 1.165) is 67.0 Å². The number of ether oxygens (including phenoxy) is 2. The normalized spacial score (nSPS) is 13.9. The summed E-state index contributed by atoms with van der Waals surface area (Å²) in [6.07, 6.45) is 15.1. The molecule has 0 bridgehead atoms. The van der Waals surface area contributed by atoms with E-state index in [1.54, 1.807) is 12.4 Å². The maximum atomic E-state index is 6.54. The van der Waals surface area contributed by atoms with Crippen molar-refractivity contribution in [2.45, 2.75) is 52.4 Å². The van der Waals surface area contributed by atoms with E-state index in [9.17, 15) is 0 Å². The molecule has 0 spiro atoms. The van der Waals surface area contributed by atoms with E-state index in [2.05, 4.69) is 116 Å². The molecule has 5 aromatic heterocycles. The summed E-state index contributed by atoms with van der Waals surface area (Å²) in [4.78, 5) is 22.4. The average molecular weight is 1210 g/mol. The van der Waals surface area contributed by atoms with Gasteiger partial charge in [-0.1, -0.05) is 75.2 Å². The molecule has 0 saturated carbocycles. The summed E-state index contributed by atoms with van der Waals surface area (Å²) < 4.78 is 17.4. The van der Waals surface area contributed by atoms with Gasteiger partial charge in [-0.25, -0.2) is 9.97 Å². The third-order valence-electron chi connectivity index (χ3n) is 11.0. The SMILES string of the molecule is CN1C=CN(c2[c-]c(Oc3[c-]c4c(cc3)c3c(c5ccc(Oc6[c-]c(N7C=CN(C)[CH-]7)cnc6)[c-]c5n3-c3cc(C(C)(C)C)ccn3)n4-c3cc(C(C)(C)C)ccn3)ccc2)[CH-]1.[Pt].[Pt]. The van der Waals surface area contributed by atoms with Crippen LogP contribution in [0.4, 0.5) is 11.4 Å². The second kappa shape index (κ2) is 17.2. The number of pyridine rings is 3. The number of nitrogens with zero attached hydrogens (tertiary/aromatic N) is 9. The zero-order chi connectivity index (χ0) is 42.9. The van der Waals surface area contributed by atoms with Gasteiger partial charge in [-0.3, -0.25) is 0 Å². The summed E-state index contributed by atoms with van der Waals surface area (Å²) in [7, 11) is 3.96. The largest absolute Gasteiger partial charge is 0.510 e. The molecule has 0 aliphatic carbocycles. The van der Waals surface area contributed by atoms with Crippen LogP contribution in [0.25, 0.3) is 44.5 Å². The maximum Gasteiger partial charge on any atom is 0.135 e. The summed E-state index contributed by atoms with van der Waals surface area (Å²) in [5, 5.41) is 1.87. The van der Waals surface area contributed by atoms with Crippen LogP contribution < -0.4 is 19.3 Å². The van der Waals surface area contributed by atoms with Crippen LogP contribution in [-0.2, 0) is 53.0 Å². The summed E-state index contributed by atoms with van der Waals surface area (Å²) >= 11 is 0. The van der Waals surface area contributed by atoms with Crippen LogP contribution in [0.5, 0.6) is 23.0 Å². The monoisotopic (exact) mass is 1210 g/mol. The molecule has 3 aromatic carbocycles. The molecular formula is C51H45N9O2Pt2-6. The molecular weight excluding hydrogens is 1160 g/mol. The maximum absolute atomic E-state index is 6.54. The van der Waals surface area contributed by atoms with Crippen LogP contribution >= 0.6 is 0 Å². The van der Waals surface area contributed by atoms with Gasteiger partial charge in [0, 0.05) is 88.6 Å². The van der Waals surface area contributed by atoms with E-state index < -0.39 is 0 Å². The molecule has 0 fully saturated rings. The van der Waals surface area contributed by atoms with Crippen LogP contribution in [0.15, 0.2) is 116 Å². The van der Waals surface area contributed by atoms with Crippen LogP contribution in [-0.4, -0.2) is 48.0 Å². The zero-order valence-electron chi connectivity index (χ0n) is 36.6. The first-order valence-electron chi connectivity index (χ1n) is 20.5. The standard InChI is InChI=1S/C51H45N9O2.2Pt/c1-50(2,3)34-16-18-53-46(24-34)59-44-28-39(61-38-11-9-10-36(26-38)57-22-20-55(7)32-57)12-14-42(44)48-49(59)43-15-13-40(62-41-27-37(30-52-31-41)58-23-21-56(8)33-58)29-45(43)60(48)47-25-35(17-19-54-47)51(4,5)6;;/h9-25,30-33H,1-8H3;;/q-6;;. The third-order valence-corrected chi connectivity index (χ3v) is 11.0.